The van der Waals surface area contributed by atoms with E-state index in [0.717, 1.165) is 5.56 Å². The minimum Gasteiger partial charge on any atom is -0.452 e. The Morgan fingerprint density at radius 2 is 2.21 bits per heavy atom. The zero-order valence-corrected chi connectivity index (χ0v) is 14.4. The second-order valence-electron chi connectivity index (χ2n) is 5.98. The number of aromatic nitrogens is 2. The zero-order valence-electron chi connectivity index (χ0n) is 13.5. The smallest absolute Gasteiger partial charge is 0.273 e. The summed E-state index contributed by atoms with van der Waals surface area (Å²) >= 11 is 0. The van der Waals surface area contributed by atoms with E-state index in [1.54, 1.807) is 22.8 Å². The van der Waals surface area contributed by atoms with E-state index in [2.05, 4.69) is 9.82 Å². The molecule has 1 fully saturated rings. The number of furan rings is 1. The predicted molar refractivity (Wildman–Crippen MR) is 85.3 cm³/mol. The van der Waals surface area contributed by atoms with E-state index < -0.39 is 10.0 Å². The molecular formula is C15H20N4O4S. The average Bonchev–Trinajstić information content (AvgIpc) is 3.20. The monoisotopic (exact) mass is 352 g/mol. The van der Waals surface area contributed by atoms with Gasteiger partial charge >= 0.3 is 0 Å². The summed E-state index contributed by atoms with van der Waals surface area (Å²) in [6, 6.07) is 2.72. The highest BCUT2D eigenvalue weighted by Gasteiger charge is 2.36. The molecule has 1 N–H and O–H groups in total. The van der Waals surface area contributed by atoms with Gasteiger partial charge in [-0.2, -0.15) is 5.10 Å². The molecule has 1 saturated heterocycles. The standard InChI is InChI=1S/C15H20N4O4S/c1-18-10-12(8-16-18)15-11(5-6-13(20)19(15)2)9-17-24(21,22)14-4-3-7-23-14/h3-4,7-8,10-11,15,17H,5-6,9H2,1-2H3/t11-,15+/m1/s1. The Bertz CT molecular complexity index is 812. The molecular weight excluding hydrogens is 332 g/mol. The topological polar surface area (TPSA) is 97.4 Å². The van der Waals surface area contributed by atoms with Crippen molar-refractivity contribution in [2.45, 2.75) is 24.0 Å². The van der Waals surface area contributed by atoms with Crippen LogP contribution in [0.15, 0.2) is 40.3 Å². The molecule has 2 atom stereocenters. The molecule has 0 bridgehead atoms. The highest BCUT2D eigenvalue weighted by Crippen LogP contribution is 2.35. The number of likely N-dealkylation sites (tertiary alicyclic amines) is 1. The van der Waals surface area contributed by atoms with Crippen molar-refractivity contribution in [3.05, 3.63) is 36.4 Å². The molecule has 3 rings (SSSR count). The summed E-state index contributed by atoms with van der Waals surface area (Å²) < 4.78 is 33.7. The van der Waals surface area contributed by atoms with Crippen molar-refractivity contribution in [3.8, 4) is 0 Å². The van der Waals surface area contributed by atoms with Gasteiger partial charge in [-0.3, -0.25) is 9.48 Å². The third-order valence-corrected chi connectivity index (χ3v) is 5.66. The summed E-state index contributed by atoms with van der Waals surface area (Å²) in [6.45, 7) is 0.222. The molecule has 0 aliphatic carbocycles. The van der Waals surface area contributed by atoms with Gasteiger partial charge in [0.2, 0.25) is 11.0 Å². The first-order chi connectivity index (χ1) is 11.4. The Labute approximate surface area is 140 Å². The Hall–Kier alpha value is -2.13. The number of hydrogen-bond donors (Lipinski definition) is 1. The van der Waals surface area contributed by atoms with Crippen molar-refractivity contribution in [2.75, 3.05) is 13.6 Å². The van der Waals surface area contributed by atoms with Crippen LogP contribution in [0.2, 0.25) is 0 Å². The molecule has 0 spiro atoms. The van der Waals surface area contributed by atoms with Gasteiger partial charge in [-0.15, -0.1) is 0 Å². The van der Waals surface area contributed by atoms with E-state index in [0.29, 0.717) is 12.8 Å². The Morgan fingerprint density at radius 1 is 1.42 bits per heavy atom. The quantitative estimate of drug-likeness (QED) is 0.862. The molecule has 2 aromatic rings. The molecule has 9 heteroatoms. The van der Waals surface area contributed by atoms with Gasteiger partial charge in [0.15, 0.2) is 0 Å². The summed E-state index contributed by atoms with van der Waals surface area (Å²) in [5.74, 6) is 0.00984. The Balaban J connectivity index is 1.79. The van der Waals surface area contributed by atoms with Crippen LogP contribution in [-0.2, 0) is 21.9 Å². The number of carbonyl (C=O) groups excluding carboxylic acids is 1. The van der Waals surface area contributed by atoms with E-state index in [1.807, 2.05) is 13.2 Å². The molecule has 1 aliphatic heterocycles. The summed E-state index contributed by atoms with van der Waals surface area (Å²) in [7, 11) is -0.137. The lowest BCUT2D eigenvalue weighted by atomic mass is 9.86. The molecule has 0 aromatic carbocycles. The van der Waals surface area contributed by atoms with Gasteiger partial charge in [-0.25, -0.2) is 13.1 Å². The molecule has 1 amide bonds. The number of nitrogens with one attached hydrogen (secondary N) is 1. The lowest BCUT2D eigenvalue weighted by Crippen LogP contribution is -2.44. The molecule has 8 nitrogen and oxygen atoms in total. The minimum atomic E-state index is -3.69. The van der Waals surface area contributed by atoms with Crippen LogP contribution in [0.4, 0.5) is 0 Å². The highest BCUT2D eigenvalue weighted by molar-refractivity contribution is 7.89. The van der Waals surface area contributed by atoms with Crippen molar-refractivity contribution in [3.63, 3.8) is 0 Å². The number of amides is 1. The Kier molecular flexibility index (Phi) is 4.46. The van der Waals surface area contributed by atoms with E-state index in [-0.39, 0.29) is 29.5 Å². The number of carbonyl (C=O) groups is 1. The summed E-state index contributed by atoms with van der Waals surface area (Å²) in [6.07, 6.45) is 5.91. The maximum absolute atomic E-state index is 12.2. The molecule has 1 aliphatic rings. The van der Waals surface area contributed by atoms with Crippen LogP contribution in [0.5, 0.6) is 0 Å². The summed E-state index contributed by atoms with van der Waals surface area (Å²) in [5, 5.41) is 4.05. The van der Waals surface area contributed by atoms with Gasteiger partial charge in [0.1, 0.15) is 0 Å². The second kappa shape index (κ2) is 6.40. The second-order valence-corrected chi connectivity index (χ2v) is 7.68. The summed E-state index contributed by atoms with van der Waals surface area (Å²) in [4.78, 5) is 13.7. The molecule has 2 aromatic heterocycles. The molecule has 0 unspecified atom stereocenters. The first-order valence-electron chi connectivity index (χ1n) is 7.66. The van der Waals surface area contributed by atoms with Gasteiger partial charge in [0, 0.05) is 38.8 Å². The molecule has 130 valence electrons. The van der Waals surface area contributed by atoms with Crippen LogP contribution in [0.3, 0.4) is 0 Å². The van der Waals surface area contributed by atoms with Crippen LogP contribution in [0.1, 0.15) is 24.4 Å². The van der Waals surface area contributed by atoms with Crippen LogP contribution in [0, 0.1) is 5.92 Å². The number of hydrogen-bond acceptors (Lipinski definition) is 5. The third kappa shape index (κ3) is 3.22. The van der Waals surface area contributed by atoms with Crippen molar-refractivity contribution < 1.29 is 17.6 Å². The number of sulfonamides is 1. The third-order valence-electron chi connectivity index (χ3n) is 4.35. The van der Waals surface area contributed by atoms with Gasteiger partial charge in [0.25, 0.3) is 10.0 Å². The van der Waals surface area contributed by atoms with Gasteiger partial charge in [-0.1, -0.05) is 0 Å². The molecule has 24 heavy (non-hydrogen) atoms. The van der Waals surface area contributed by atoms with E-state index in [9.17, 15) is 13.2 Å². The lowest BCUT2D eigenvalue weighted by molar-refractivity contribution is -0.136. The molecule has 0 radical (unpaired) electrons. The predicted octanol–water partition coefficient (Wildman–Crippen LogP) is 0.901. The van der Waals surface area contributed by atoms with E-state index >= 15 is 0 Å². The Morgan fingerprint density at radius 3 is 2.83 bits per heavy atom. The maximum atomic E-state index is 12.2. The van der Waals surface area contributed by atoms with E-state index in [4.69, 9.17) is 4.42 Å². The minimum absolute atomic E-state index is 0.0402. The number of aryl methyl sites for hydroxylation is 1. The number of rotatable bonds is 5. The van der Waals surface area contributed by atoms with Crippen LogP contribution < -0.4 is 4.72 Å². The lowest BCUT2D eigenvalue weighted by Gasteiger charge is -2.38. The van der Waals surface area contributed by atoms with Gasteiger partial charge in [-0.05, 0) is 24.5 Å². The first kappa shape index (κ1) is 16.7. The summed E-state index contributed by atoms with van der Waals surface area (Å²) in [5.41, 5.74) is 0.898. The van der Waals surface area contributed by atoms with Crippen LogP contribution >= 0.6 is 0 Å². The molecule has 3 heterocycles. The largest absolute Gasteiger partial charge is 0.452 e. The number of nitrogens with zero attached hydrogens (tertiary/aromatic N) is 3. The van der Waals surface area contributed by atoms with Crippen LogP contribution in [0.25, 0.3) is 0 Å². The maximum Gasteiger partial charge on any atom is 0.273 e. The van der Waals surface area contributed by atoms with Gasteiger partial charge in [0.05, 0.1) is 18.5 Å². The zero-order chi connectivity index (χ0) is 17.3. The fourth-order valence-corrected chi connectivity index (χ4v) is 4.14. The van der Waals surface area contributed by atoms with Crippen molar-refractivity contribution in [1.29, 1.82) is 0 Å². The van der Waals surface area contributed by atoms with Crippen molar-refractivity contribution in [2.24, 2.45) is 13.0 Å². The van der Waals surface area contributed by atoms with Crippen molar-refractivity contribution >= 4 is 15.9 Å². The van der Waals surface area contributed by atoms with E-state index in [1.165, 1.54) is 18.4 Å². The fourth-order valence-electron chi connectivity index (χ4n) is 3.12. The van der Waals surface area contributed by atoms with Gasteiger partial charge < -0.3 is 9.32 Å². The number of piperidine rings is 1. The SMILES string of the molecule is CN1C(=O)CC[C@H](CNS(=O)(=O)c2ccco2)[C@H]1c1cnn(C)c1. The molecule has 0 saturated carbocycles. The fraction of sp³-hybridized carbons (Fsp3) is 0.467. The van der Waals surface area contributed by atoms with Crippen LogP contribution in [-0.4, -0.2) is 42.6 Å². The average molecular weight is 352 g/mol. The van der Waals surface area contributed by atoms with Crippen molar-refractivity contribution in [1.82, 2.24) is 19.4 Å². The normalized spacial score (nSPS) is 22.1. The highest BCUT2D eigenvalue weighted by atomic mass is 32.2. The first-order valence-corrected chi connectivity index (χ1v) is 9.14.